The van der Waals surface area contributed by atoms with Gasteiger partial charge in [-0.05, 0) is 71.4 Å². The summed E-state index contributed by atoms with van der Waals surface area (Å²) in [5.41, 5.74) is 0.0694. The Morgan fingerprint density at radius 1 is 0.857 bits per heavy atom. The van der Waals surface area contributed by atoms with Crippen molar-refractivity contribution in [2.75, 3.05) is 7.11 Å². The monoisotopic (exact) mass is 594 g/mol. The second-order valence-electron chi connectivity index (χ2n) is 10.7. The third-order valence-corrected chi connectivity index (χ3v) is 6.48. The molecule has 0 saturated carbocycles. The number of esters is 1. The molecule has 1 unspecified atom stereocenters. The second-order valence-corrected chi connectivity index (χ2v) is 11.1. The minimum atomic E-state index is -1.90. The van der Waals surface area contributed by atoms with Crippen LogP contribution in [0.1, 0.15) is 63.7 Å². The summed E-state index contributed by atoms with van der Waals surface area (Å²) in [7, 11) is 1.45. The molecule has 3 amide bonds. The molecule has 1 atom stereocenters. The van der Waals surface area contributed by atoms with Crippen molar-refractivity contribution in [2.24, 2.45) is 0 Å². The van der Waals surface area contributed by atoms with E-state index >= 15 is 0 Å². The lowest BCUT2D eigenvalue weighted by Crippen LogP contribution is -2.60. The third kappa shape index (κ3) is 7.67. The van der Waals surface area contributed by atoms with E-state index in [9.17, 15) is 19.2 Å². The SMILES string of the molecule is COc1cccc(C(=O)N(C(=O)OC(Cl)C(=O)OCc2ccccc2)N(C(=O)c2cc(C)cc(C)c2)C(C)(C)C)c1C. The molecule has 0 saturated heterocycles. The van der Waals surface area contributed by atoms with Crippen molar-refractivity contribution < 1.29 is 33.4 Å². The highest BCUT2D eigenvalue weighted by molar-refractivity contribution is 6.29. The van der Waals surface area contributed by atoms with Gasteiger partial charge in [-0.15, -0.1) is 5.01 Å². The molecule has 10 heteroatoms. The van der Waals surface area contributed by atoms with Crippen molar-refractivity contribution in [2.45, 2.75) is 59.3 Å². The van der Waals surface area contributed by atoms with Crippen LogP contribution in [0.4, 0.5) is 4.79 Å². The summed E-state index contributed by atoms with van der Waals surface area (Å²) in [5.74, 6) is -2.16. The van der Waals surface area contributed by atoms with Crippen LogP contribution in [-0.2, 0) is 20.9 Å². The molecule has 3 aromatic rings. The summed E-state index contributed by atoms with van der Waals surface area (Å²) >= 11 is 6.14. The van der Waals surface area contributed by atoms with Crippen molar-refractivity contribution in [1.29, 1.82) is 0 Å². The molecular weight excluding hydrogens is 560 g/mol. The van der Waals surface area contributed by atoms with E-state index < -0.39 is 35.0 Å². The van der Waals surface area contributed by atoms with Crippen LogP contribution in [0, 0.1) is 20.8 Å². The first kappa shape index (κ1) is 32.1. The minimum Gasteiger partial charge on any atom is -0.496 e. The van der Waals surface area contributed by atoms with Gasteiger partial charge in [-0.25, -0.2) is 14.6 Å². The number of hydrogen-bond acceptors (Lipinski definition) is 7. The number of rotatable bonds is 7. The van der Waals surface area contributed by atoms with Crippen LogP contribution in [0.25, 0.3) is 0 Å². The Kier molecular flexibility index (Phi) is 10.4. The molecule has 0 heterocycles. The zero-order valence-electron chi connectivity index (χ0n) is 24.8. The normalized spacial score (nSPS) is 11.7. The van der Waals surface area contributed by atoms with Gasteiger partial charge in [-0.3, -0.25) is 9.59 Å². The number of nitrogens with zero attached hydrogens (tertiary/aromatic N) is 2. The Balaban J connectivity index is 2.03. The highest BCUT2D eigenvalue weighted by Crippen LogP contribution is 2.28. The van der Waals surface area contributed by atoms with E-state index in [1.807, 2.05) is 26.0 Å². The smallest absolute Gasteiger partial charge is 0.438 e. The molecule has 3 rings (SSSR count). The van der Waals surface area contributed by atoms with Gasteiger partial charge < -0.3 is 14.2 Å². The van der Waals surface area contributed by atoms with Crippen LogP contribution in [-0.4, -0.2) is 52.1 Å². The molecule has 42 heavy (non-hydrogen) atoms. The fourth-order valence-corrected chi connectivity index (χ4v) is 4.47. The van der Waals surface area contributed by atoms with Crippen molar-refractivity contribution >= 4 is 35.5 Å². The second kappa shape index (κ2) is 13.5. The summed E-state index contributed by atoms with van der Waals surface area (Å²) in [6.07, 6.45) is -1.34. The summed E-state index contributed by atoms with van der Waals surface area (Å²) in [5, 5.41) is 1.57. The number of alkyl halides is 1. The summed E-state index contributed by atoms with van der Waals surface area (Å²) in [4.78, 5) is 54.5. The fraction of sp³-hybridized carbons (Fsp3) is 0.312. The lowest BCUT2D eigenvalue weighted by Gasteiger charge is -2.41. The fourth-order valence-electron chi connectivity index (χ4n) is 4.33. The van der Waals surface area contributed by atoms with Crippen LogP contribution >= 0.6 is 11.6 Å². The van der Waals surface area contributed by atoms with E-state index in [1.165, 1.54) is 13.2 Å². The van der Waals surface area contributed by atoms with Crippen molar-refractivity contribution in [3.05, 3.63) is 100 Å². The molecule has 0 aliphatic carbocycles. The molecule has 0 aliphatic heterocycles. The van der Waals surface area contributed by atoms with Gasteiger partial charge in [-0.1, -0.05) is 65.2 Å². The van der Waals surface area contributed by atoms with Crippen LogP contribution in [0.3, 0.4) is 0 Å². The van der Waals surface area contributed by atoms with E-state index in [2.05, 4.69) is 0 Å². The van der Waals surface area contributed by atoms with Gasteiger partial charge in [0.1, 0.15) is 12.4 Å². The minimum absolute atomic E-state index is 0.0755. The zero-order chi connectivity index (χ0) is 31.2. The molecule has 0 fully saturated rings. The number of hydrazine groups is 1. The highest BCUT2D eigenvalue weighted by atomic mass is 35.5. The summed E-state index contributed by atoms with van der Waals surface area (Å²) in [6.45, 7) is 10.2. The number of hydrogen-bond donors (Lipinski definition) is 0. The largest absolute Gasteiger partial charge is 0.496 e. The third-order valence-electron chi connectivity index (χ3n) is 6.21. The number of amides is 3. The van der Waals surface area contributed by atoms with Gasteiger partial charge in [-0.2, -0.15) is 0 Å². The summed E-state index contributed by atoms with van der Waals surface area (Å²) < 4.78 is 15.8. The molecular formula is C32H35ClN2O7. The van der Waals surface area contributed by atoms with Crippen LogP contribution in [0.15, 0.2) is 66.7 Å². The Labute approximate surface area is 250 Å². The lowest BCUT2D eigenvalue weighted by atomic mass is 10.0. The van der Waals surface area contributed by atoms with E-state index in [4.69, 9.17) is 25.8 Å². The first-order chi connectivity index (χ1) is 19.7. The van der Waals surface area contributed by atoms with Gasteiger partial charge in [0.05, 0.1) is 12.6 Å². The van der Waals surface area contributed by atoms with Gasteiger partial charge in [0, 0.05) is 16.7 Å². The van der Waals surface area contributed by atoms with E-state index in [-0.39, 0.29) is 17.7 Å². The van der Waals surface area contributed by atoms with Crippen molar-refractivity contribution in [1.82, 2.24) is 10.0 Å². The van der Waals surface area contributed by atoms with E-state index in [0.29, 0.717) is 21.9 Å². The number of carbonyl (C=O) groups excluding carboxylic acids is 4. The average molecular weight is 595 g/mol. The number of methoxy groups -OCH3 is 1. The molecule has 0 bridgehead atoms. The maximum absolute atomic E-state index is 14.1. The van der Waals surface area contributed by atoms with E-state index in [0.717, 1.165) is 16.1 Å². The summed E-state index contributed by atoms with van der Waals surface area (Å²) in [6, 6.07) is 18.8. The number of carbonyl (C=O) groups is 4. The van der Waals surface area contributed by atoms with Gasteiger partial charge in [0.15, 0.2) is 0 Å². The number of benzene rings is 3. The van der Waals surface area contributed by atoms with Gasteiger partial charge in [0.25, 0.3) is 17.4 Å². The molecule has 0 N–H and O–H groups in total. The maximum atomic E-state index is 14.1. The topological polar surface area (TPSA) is 102 Å². The standard InChI is InChI=1S/C32H35ClN2O7/c1-20-16-21(2)18-24(17-20)28(36)35(32(4,5)6)34(29(37)25-14-11-15-26(40-7)22(25)3)31(39)42-27(33)30(38)41-19-23-12-9-8-10-13-23/h8-18,27H,19H2,1-7H3. The molecule has 0 radical (unpaired) electrons. The average Bonchev–Trinajstić information content (AvgIpc) is 2.93. The Morgan fingerprint density at radius 3 is 2.05 bits per heavy atom. The molecule has 0 spiro atoms. The number of ether oxygens (including phenoxy) is 3. The predicted molar refractivity (Wildman–Crippen MR) is 158 cm³/mol. The van der Waals surface area contributed by atoms with Gasteiger partial charge >= 0.3 is 12.1 Å². The number of halogens is 1. The Morgan fingerprint density at radius 2 is 1.48 bits per heavy atom. The number of imide groups is 1. The van der Waals surface area contributed by atoms with E-state index in [1.54, 1.807) is 76.2 Å². The number of aryl methyl sites for hydroxylation is 2. The predicted octanol–water partition coefficient (Wildman–Crippen LogP) is 6.36. The Bertz CT molecular complexity index is 1450. The van der Waals surface area contributed by atoms with Gasteiger partial charge in [0.2, 0.25) is 0 Å². The first-order valence-electron chi connectivity index (χ1n) is 13.2. The van der Waals surface area contributed by atoms with Crippen LogP contribution < -0.4 is 4.74 Å². The molecule has 9 nitrogen and oxygen atoms in total. The maximum Gasteiger partial charge on any atom is 0.438 e. The van der Waals surface area contributed by atoms with Crippen molar-refractivity contribution in [3.8, 4) is 5.75 Å². The lowest BCUT2D eigenvalue weighted by molar-refractivity contribution is -0.151. The zero-order valence-corrected chi connectivity index (χ0v) is 25.5. The van der Waals surface area contributed by atoms with Crippen LogP contribution in [0.2, 0.25) is 0 Å². The molecule has 222 valence electrons. The first-order valence-corrected chi connectivity index (χ1v) is 13.6. The highest BCUT2D eigenvalue weighted by Gasteiger charge is 2.43. The molecule has 3 aromatic carbocycles. The van der Waals surface area contributed by atoms with Crippen LogP contribution in [0.5, 0.6) is 5.75 Å². The quantitative estimate of drug-likeness (QED) is 0.178. The van der Waals surface area contributed by atoms with Crippen molar-refractivity contribution in [3.63, 3.8) is 0 Å². The Hall–Kier alpha value is -4.37. The molecule has 0 aliphatic rings. The molecule has 0 aromatic heterocycles.